The van der Waals surface area contributed by atoms with E-state index in [0.717, 1.165) is 18.7 Å². The summed E-state index contributed by atoms with van der Waals surface area (Å²) < 4.78 is 5.44. The van der Waals surface area contributed by atoms with E-state index >= 15 is 0 Å². The highest BCUT2D eigenvalue weighted by atomic mass is 16.5. The minimum atomic E-state index is 0.393. The third-order valence-corrected chi connectivity index (χ3v) is 3.03. The molecule has 94 valence electrons. The molecule has 1 fully saturated rings. The topological polar surface area (TPSA) is 45.3 Å². The first-order valence-electron chi connectivity index (χ1n) is 6.22. The van der Waals surface area contributed by atoms with E-state index < -0.39 is 0 Å². The first-order valence-corrected chi connectivity index (χ1v) is 6.22. The molecule has 4 nitrogen and oxygen atoms in total. The molecule has 3 N–H and O–H groups in total. The molecule has 1 aliphatic heterocycles. The number of hydrazine groups is 1. The highest BCUT2D eigenvalue weighted by Gasteiger charge is 2.23. The molecule has 2 atom stereocenters. The minimum Gasteiger partial charge on any atom is -0.494 e. The lowest BCUT2D eigenvalue weighted by atomic mass is 10.0. The molecular weight excluding hydrogens is 214 g/mol. The minimum absolute atomic E-state index is 0.393. The molecular formula is C13H21N3O. The summed E-state index contributed by atoms with van der Waals surface area (Å²) in [5.41, 5.74) is 7.94. The predicted octanol–water partition coefficient (Wildman–Crippen LogP) is 1.21. The van der Waals surface area contributed by atoms with Gasteiger partial charge in [0, 0.05) is 18.6 Å². The van der Waals surface area contributed by atoms with Crippen LogP contribution in [0.2, 0.25) is 0 Å². The van der Waals surface area contributed by atoms with Crippen LogP contribution in [-0.4, -0.2) is 26.2 Å². The van der Waals surface area contributed by atoms with Crippen LogP contribution in [0.4, 0.5) is 0 Å². The van der Waals surface area contributed by atoms with Crippen LogP contribution in [-0.2, 0) is 0 Å². The third-order valence-electron chi connectivity index (χ3n) is 3.03. The van der Waals surface area contributed by atoms with Crippen LogP contribution in [0.1, 0.15) is 24.9 Å². The molecule has 0 bridgehead atoms. The molecule has 2 rings (SSSR count). The second-order valence-electron chi connectivity index (χ2n) is 4.33. The van der Waals surface area contributed by atoms with E-state index in [1.165, 1.54) is 5.56 Å². The van der Waals surface area contributed by atoms with E-state index in [0.29, 0.717) is 18.7 Å². The number of ether oxygens (including phenoxy) is 1. The van der Waals surface area contributed by atoms with Crippen LogP contribution < -0.4 is 20.9 Å². The molecule has 0 amide bonds. The Morgan fingerprint density at radius 2 is 2.06 bits per heavy atom. The maximum Gasteiger partial charge on any atom is 0.119 e. The van der Waals surface area contributed by atoms with Gasteiger partial charge in [-0.25, -0.2) is 5.43 Å². The van der Waals surface area contributed by atoms with Gasteiger partial charge in [-0.05, 0) is 38.1 Å². The fourth-order valence-corrected chi connectivity index (χ4v) is 2.18. The number of nitrogens with one attached hydrogen (secondary N) is 3. The van der Waals surface area contributed by atoms with Crippen molar-refractivity contribution < 1.29 is 4.74 Å². The second-order valence-corrected chi connectivity index (χ2v) is 4.33. The van der Waals surface area contributed by atoms with Gasteiger partial charge in [0.05, 0.1) is 6.61 Å². The van der Waals surface area contributed by atoms with Crippen LogP contribution >= 0.6 is 0 Å². The van der Waals surface area contributed by atoms with Gasteiger partial charge in [-0.1, -0.05) is 12.1 Å². The van der Waals surface area contributed by atoms with Crippen molar-refractivity contribution >= 4 is 0 Å². The summed E-state index contributed by atoms with van der Waals surface area (Å²) in [5, 5.41) is 3.19. The molecule has 1 aromatic rings. The summed E-state index contributed by atoms with van der Waals surface area (Å²) in [7, 11) is 1.98. The number of benzene rings is 1. The summed E-state index contributed by atoms with van der Waals surface area (Å²) in [5.74, 6) is 0.939. The smallest absolute Gasteiger partial charge is 0.119 e. The van der Waals surface area contributed by atoms with Crippen LogP contribution in [0.25, 0.3) is 0 Å². The van der Waals surface area contributed by atoms with Crippen LogP contribution in [0.3, 0.4) is 0 Å². The summed E-state index contributed by atoms with van der Waals surface area (Å²) in [6.07, 6.45) is 1.11. The maximum atomic E-state index is 5.44. The molecule has 1 aliphatic rings. The highest BCUT2D eigenvalue weighted by molar-refractivity contribution is 5.29. The lowest BCUT2D eigenvalue weighted by Crippen LogP contribution is -2.36. The first-order chi connectivity index (χ1) is 8.33. The van der Waals surface area contributed by atoms with Crippen LogP contribution in [0, 0.1) is 0 Å². The molecule has 17 heavy (non-hydrogen) atoms. The van der Waals surface area contributed by atoms with Crippen molar-refractivity contribution in [3.8, 4) is 5.75 Å². The molecule has 0 aliphatic carbocycles. The number of hydrogen-bond donors (Lipinski definition) is 3. The van der Waals surface area contributed by atoms with E-state index in [1.807, 2.05) is 26.1 Å². The Morgan fingerprint density at radius 3 is 2.71 bits per heavy atom. The Balaban J connectivity index is 1.94. The average Bonchev–Trinajstić information content (AvgIpc) is 2.80. The van der Waals surface area contributed by atoms with Gasteiger partial charge in [-0.15, -0.1) is 0 Å². The van der Waals surface area contributed by atoms with Crippen molar-refractivity contribution in [2.24, 2.45) is 0 Å². The molecule has 1 saturated heterocycles. The van der Waals surface area contributed by atoms with Crippen molar-refractivity contribution in [1.82, 2.24) is 16.2 Å². The largest absolute Gasteiger partial charge is 0.494 e. The Morgan fingerprint density at radius 1 is 1.29 bits per heavy atom. The van der Waals surface area contributed by atoms with Crippen molar-refractivity contribution in [3.63, 3.8) is 0 Å². The monoisotopic (exact) mass is 235 g/mol. The maximum absolute atomic E-state index is 5.44. The zero-order valence-corrected chi connectivity index (χ0v) is 10.5. The van der Waals surface area contributed by atoms with E-state index in [4.69, 9.17) is 4.74 Å². The Kier molecular flexibility index (Phi) is 4.36. The van der Waals surface area contributed by atoms with E-state index in [1.54, 1.807) is 0 Å². The molecule has 4 heteroatoms. The zero-order valence-electron chi connectivity index (χ0n) is 10.5. The number of hydrogen-bond acceptors (Lipinski definition) is 4. The van der Waals surface area contributed by atoms with Gasteiger partial charge in [0.2, 0.25) is 0 Å². The van der Waals surface area contributed by atoms with Gasteiger partial charge in [0.15, 0.2) is 0 Å². The van der Waals surface area contributed by atoms with Crippen molar-refractivity contribution in [3.05, 3.63) is 29.8 Å². The van der Waals surface area contributed by atoms with Crippen LogP contribution in [0.5, 0.6) is 5.75 Å². The summed E-state index contributed by atoms with van der Waals surface area (Å²) >= 11 is 0. The Bertz CT molecular complexity index is 339. The van der Waals surface area contributed by atoms with Gasteiger partial charge in [0.1, 0.15) is 5.75 Å². The van der Waals surface area contributed by atoms with Gasteiger partial charge in [-0.3, -0.25) is 5.43 Å². The molecule has 2 unspecified atom stereocenters. The van der Waals surface area contributed by atoms with Crippen molar-refractivity contribution in [1.29, 1.82) is 0 Å². The van der Waals surface area contributed by atoms with E-state index in [2.05, 4.69) is 28.3 Å². The fraction of sp³-hybridized carbons (Fsp3) is 0.538. The summed E-state index contributed by atoms with van der Waals surface area (Å²) in [6, 6.07) is 9.22. The quantitative estimate of drug-likeness (QED) is 0.718. The standard InChI is InChI=1S/C13H21N3O/c1-3-17-12-6-4-10(5-7-12)13-8-11(9-14-2)15-16-13/h4-7,11,13-16H,3,8-9H2,1-2H3. The molecule has 0 radical (unpaired) electrons. The average molecular weight is 235 g/mol. The summed E-state index contributed by atoms with van der Waals surface area (Å²) in [4.78, 5) is 0. The van der Waals surface area contributed by atoms with Crippen molar-refractivity contribution in [2.75, 3.05) is 20.2 Å². The van der Waals surface area contributed by atoms with Crippen molar-refractivity contribution in [2.45, 2.75) is 25.4 Å². The lowest BCUT2D eigenvalue weighted by molar-refractivity contribution is 0.340. The van der Waals surface area contributed by atoms with Gasteiger partial charge in [-0.2, -0.15) is 0 Å². The number of rotatable bonds is 5. The molecule has 0 saturated carbocycles. The molecule has 0 spiro atoms. The van der Waals surface area contributed by atoms with E-state index in [-0.39, 0.29) is 0 Å². The van der Waals surface area contributed by atoms with Gasteiger partial charge < -0.3 is 10.1 Å². The predicted molar refractivity (Wildman–Crippen MR) is 69.0 cm³/mol. The van der Waals surface area contributed by atoms with E-state index in [9.17, 15) is 0 Å². The SMILES string of the molecule is CCOc1ccc(C2CC(CNC)NN2)cc1. The highest BCUT2D eigenvalue weighted by Crippen LogP contribution is 2.23. The van der Waals surface area contributed by atoms with Crippen LogP contribution in [0.15, 0.2) is 24.3 Å². The number of likely N-dealkylation sites (N-methyl/N-ethyl adjacent to an activating group) is 1. The van der Waals surface area contributed by atoms with Gasteiger partial charge in [0.25, 0.3) is 0 Å². The third kappa shape index (κ3) is 3.19. The lowest BCUT2D eigenvalue weighted by Gasteiger charge is -2.11. The molecule has 0 aromatic heterocycles. The molecule has 1 aromatic carbocycles. The second kappa shape index (κ2) is 6.00. The Hall–Kier alpha value is -1.10. The first kappa shape index (κ1) is 12.4. The Labute approximate surface area is 103 Å². The fourth-order valence-electron chi connectivity index (χ4n) is 2.18. The normalized spacial score (nSPS) is 23.9. The summed E-state index contributed by atoms with van der Waals surface area (Å²) in [6.45, 7) is 3.70. The van der Waals surface area contributed by atoms with Gasteiger partial charge >= 0.3 is 0 Å². The molecule has 1 heterocycles. The zero-order chi connectivity index (χ0) is 12.1.